The molecule has 0 saturated carbocycles. The van der Waals surface area contributed by atoms with Crippen LogP contribution >= 0.6 is 0 Å². The summed E-state index contributed by atoms with van der Waals surface area (Å²) in [5.74, 6) is -0.229. The second-order valence-corrected chi connectivity index (χ2v) is 5.50. The third kappa shape index (κ3) is 1.98. The second-order valence-electron chi connectivity index (χ2n) is 5.50. The van der Waals surface area contributed by atoms with Crippen LogP contribution in [0.2, 0.25) is 0 Å². The number of para-hydroxylation sites is 1. The average molecular weight is 290 g/mol. The van der Waals surface area contributed by atoms with Gasteiger partial charge in [0.25, 0.3) is 0 Å². The molecule has 1 aliphatic rings. The molecule has 0 N–H and O–H groups in total. The molecule has 0 aliphatic carbocycles. The fourth-order valence-electron chi connectivity index (χ4n) is 3.00. The van der Waals surface area contributed by atoms with Gasteiger partial charge in [-0.2, -0.15) is 0 Å². The van der Waals surface area contributed by atoms with Gasteiger partial charge >= 0.3 is 0 Å². The van der Waals surface area contributed by atoms with Crippen molar-refractivity contribution in [1.29, 1.82) is 0 Å². The van der Waals surface area contributed by atoms with Crippen molar-refractivity contribution in [2.75, 3.05) is 0 Å². The summed E-state index contributed by atoms with van der Waals surface area (Å²) in [5, 5.41) is 0. The molecule has 108 valence electrons. The highest BCUT2D eigenvalue weighted by molar-refractivity contribution is 6.12. The van der Waals surface area contributed by atoms with Crippen molar-refractivity contribution in [1.82, 2.24) is 4.57 Å². The molecule has 0 atom stereocenters. The van der Waals surface area contributed by atoms with Gasteiger partial charge in [0.1, 0.15) is 5.82 Å². The van der Waals surface area contributed by atoms with Crippen LogP contribution in [-0.4, -0.2) is 10.3 Å². The Morgan fingerprint density at radius 1 is 0.955 bits per heavy atom. The highest BCUT2D eigenvalue weighted by atomic mass is 19.1. The molecule has 0 fully saturated rings. The molecular formula is C19H15FN2. The molecule has 1 aliphatic heterocycles. The molecule has 2 nitrogen and oxygen atoms in total. The maximum absolute atomic E-state index is 13.2. The SMILES string of the molecule is Cc1ccc2n1-c1ccccc1CN=C2c1ccc(F)cc1. The van der Waals surface area contributed by atoms with Gasteiger partial charge in [0.15, 0.2) is 0 Å². The molecule has 2 aromatic carbocycles. The predicted molar refractivity (Wildman–Crippen MR) is 86.2 cm³/mol. The minimum Gasteiger partial charge on any atom is -0.312 e. The first-order valence-electron chi connectivity index (χ1n) is 7.31. The predicted octanol–water partition coefficient (Wildman–Crippen LogP) is 4.28. The highest BCUT2D eigenvalue weighted by Crippen LogP contribution is 2.27. The third-order valence-corrected chi connectivity index (χ3v) is 4.08. The number of aliphatic imine (C=N–C) groups is 1. The first-order valence-corrected chi connectivity index (χ1v) is 7.31. The normalized spacial score (nSPS) is 13.1. The van der Waals surface area contributed by atoms with Gasteiger partial charge in [0, 0.05) is 11.3 Å². The van der Waals surface area contributed by atoms with E-state index in [0.717, 1.165) is 17.0 Å². The summed E-state index contributed by atoms with van der Waals surface area (Å²) in [6.45, 7) is 2.72. The van der Waals surface area contributed by atoms with Gasteiger partial charge in [-0.05, 0) is 55.0 Å². The van der Waals surface area contributed by atoms with E-state index in [1.54, 1.807) is 12.1 Å². The molecule has 0 bridgehead atoms. The maximum Gasteiger partial charge on any atom is 0.123 e. The van der Waals surface area contributed by atoms with Gasteiger partial charge in [-0.15, -0.1) is 0 Å². The molecule has 0 radical (unpaired) electrons. The number of fused-ring (bicyclic) bond motifs is 3. The van der Waals surface area contributed by atoms with Crippen LogP contribution in [0.3, 0.4) is 0 Å². The molecule has 4 rings (SSSR count). The van der Waals surface area contributed by atoms with Crippen molar-refractivity contribution in [2.45, 2.75) is 13.5 Å². The molecule has 3 heteroatoms. The zero-order valence-corrected chi connectivity index (χ0v) is 12.3. The van der Waals surface area contributed by atoms with E-state index in [2.05, 4.69) is 35.8 Å². The summed E-state index contributed by atoms with van der Waals surface area (Å²) in [4.78, 5) is 4.79. The fraction of sp³-hybridized carbons (Fsp3) is 0.105. The topological polar surface area (TPSA) is 17.3 Å². The summed E-state index contributed by atoms with van der Waals surface area (Å²) in [5.41, 5.74) is 6.42. The molecule has 22 heavy (non-hydrogen) atoms. The molecule has 2 heterocycles. The number of aromatic nitrogens is 1. The van der Waals surface area contributed by atoms with Gasteiger partial charge < -0.3 is 4.57 Å². The van der Waals surface area contributed by atoms with Gasteiger partial charge in [-0.3, -0.25) is 4.99 Å². The second kappa shape index (κ2) is 4.95. The number of aryl methyl sites for hydroxylation is 1. The summed E-state index contributed by atoms with van der Waals surface area (Å²) < 4.78 is 15.4. The van der Waals surface area contributed by atoms with Crippen LogP contribution < -0.4 is 0 Å². The van der Waals surface area contributed by atoms with Crippen LogP contribution in [0.4, 0.5) is 4.39 Å². The van der Waals surface area contributed by atoms with Crippen LogP contribution in [0.1, 0.15) is 22.5 Å². The summed E-state index contributed by atoms with van der Waals surface area (Å²) in [6, 6.07) is 19.0. The molecule has 1 aromatic heterocycles. The largest absolute Gasteiger partial charge is 0.312 e. The molecule has 0 amide bonds. The van der Waals surface area contributed by atoms with Gasteiger partial charge in [0.05, 0.1) is 23.6 Å². The van der Waals surface area contributed by atoms with E-state index in [1.807, 2.05) is 12.1 Å². The average Bonchev–Trinajstić information content (AvgIpc) is 2.82. The van der Waals surface area contributed by atoms with E-state index in [1.165, 1.54) is 29.1 Å². The molecule has 0 spiro atoms. The van der Waals surface area contributed by atoms with E-state index < -0.39 is 0 Å². The Kier molecular flexibility index (Phi) is 2.93. The maximum atomic E-state index is 13.2. The Morgan fingerprint density at radius 2 is 1.73 bits per heavy atom. The van der Waals surface area contributed by atoms with Crippen LogP contribution in [-0.2, 0) is 6.54 Å². The number of hydrogen-bond acceptors (Lipinski definition) is 1. The van der Waals surface area contributed by atoms with Crippen molar-refractivity contribution in [3.63, 3.8) is 0 Å². The van der Waals surface area contributed by atoms with Crippen LogP contribution in [0.5, 0.6) is 0 Å². The first kappa shape index (κ1) is 13.0. The standard InChI is InChI=1S/C19H15FN2/c1-13-6-11-18-19(14-7-9-16(20)10-8-14)21-12-15-4-2-3-5-17(15)22(13)18/h2-11H,12H2,1H3. The van der Waals surface area contributed by atoms with Crippen LogP contribution in [0.25, 0.3) is 5.69 Å². The molecule has 0 saturated heterocycles. The molecule has 0 unspecified atom stereocenters. The third-order valence-electron chi connectivity index (χ3n) is 4.08. The number of hydrogen-bond donors (Lipinski definition) is 0. The van der Waals surface area contributed by atoms with Gasteiger partial charge in [-0.25, -0.2) is 4.39 Å². The minimum absolute atomic E-state index is 0.229. The number of benzene rings is 2. The van der Waals surface area contributed by atoms with Gasteiger partial charge in [0.2, 0.25) is 0 Å². The summed E-state index contributed by atoms with van der Waals surface area (Å²) in [7, 11) is 0. The fourth-order valence-corrected chi connectivity index (χ4v) is 3.00. The number of nitrogens with zero attached hydrogens (tertiary/aromatic N) is 2. The lowest BCUT2D eigenvalue weighted by Crippen LogP contribution is -2.09. The zero-order chi connectivity index (χ0) is 15.1. The lowest BCUT2D eigenvalue weighted by atomic mass is 10.1. The molecular weight excluding hydrogens is 275 g/mol. The van der Waals surface area contributed by atoms with E-state index in [9.17, 15) is 4.39 Å². The lowest BCUT2D eigenvalue weighted by molar-refractivity contribution is 0.628. The minimum atomic E-state index is -0.229. The van der Waals surface area contributed by atoms with E-state index in [4.69, 9.17) is 4.99 Å². The van der Waals surface area contributed by atoms with Crippen molar-refractivity contribution in [3.05, 3.63) is 89.0 Å². The Morgan fingerprint density at radius 3 is 2.55 bits per heavy atom. The van der Waals surface area contributed by atoms with Crippen molar-refractivity contribution < 1.29 is 4.39 Å². The Balaban J connectivity index is 1.96. The Labute approximate surface area is 128 Å². The highest BCUT2D eigenvalue weighted by Gasteiger charge is 2.19. The quantitative estimate of drug-likeness (QED) is 0.636. The van der Waals surface area contributed by atoms with Crippen molar-refractivity contribution in [2.24, 2.45) is 4.99 Å². The van der Waals surface area contributed by atoms with E-state index >= 15 is 0 Å². The van der Waals surface area contributed by atoms with E-state index in [0.29, 0.717) is 6.54 Å². The van der Waals surface area contributed by atoms with Gasteiger partial charge in [-0.1, -0.05) is 18.2 Å². The smallest absolute Gasteiger partial charge is 0.123 e. The monoisotopic (exact) mass is 290 g/mol. The Bertz CT molecular complexity index is 873. The van der Waals surface area contributed by atoms with Crippen LogP contribution in [0, 0.1) is 12.7 Å². The summed E-state index contributed by atoms with van der Waals surface area (Å²) >= 11 is 0. The number of halogens is 1. The lowest BCUT2D eigenvalue weighted by Gasteiger charge is -2.13. The van der Waals surface area contributed by atoms with Crippen LogP contribution in [0.15, 0.2) is 65.7 Å². The van der Waals surface area contributed by atoms with Crippen molar-refractivity contribution in [3.8, 4) is 5.69 Å². The number of rotatable bonds is 1. The van der Waals surface area contributed by atoms with E-state index in [-0.39, 0.29) is 5.82 Å². The molecule has 3 aromatic rings. The Hall–Kier alpha value is -2.68. The zero-order valence-electron chi connectivity index (χ0n) is 12.3. The van der Waals surface area contributed by atoms with Crippen molar-refractivity contribution >= 4 is 5.71 Å². The first-order chi connectivity index (χ1) is 10.7. The summed E-state index contributed by atoms with van der Waals surface area (Å²) in [6.07, 6.45) is 0.